The monoisotopic (exact) mass is 266 g/mol. The number of rotatable bonds is 4. The molecule has 0 aromatic carbocycles. The van der Waals surface area contributed by atoms with E-state index in [0.717, 1.165) is 0 Å². The molecule has 0 saturated carbocycles. The van der Waals surface area contributed by atoms with Gasteiger partial charge in [-0.3, -0.25) is 9.59 Å². The number of carbonyl (C=O) groups is 2. The van der Waals surface area contributed by atoms with Crippen molar-refractivity contribution in [1.29, 1.82) is 0 Å². The highest BCUT2D eigenvalue weighted by molar-refractivity contribution is 5.76. The molecule has 104 valence electrons. The zero-order valence-electron chi connectivity index (χ0n) is 11.3. The standard InChI is InChI=1S/C13H18N2O4/c1-13(2,3)19-12(18)15-6-4-10-9(8-16)11(17)5-7-14-10/h5,7-8H,4,6H2,1-3H3,(H,14,17)(H,15,18). The van der Waals surface area contributed by atoms with Crippen molar-refractivity contribution in [2.24, 2.45) is 0 Å². The fraction of sp³-hybridized carbons (Fsp3) is 0.462. The van der Waals surface area contributed by atoms with Gasteiger partial charge in [0.25, 0.3) is 0 Å². The lowest BCUT2D eigenvalue weighted by Gasteiger charge is -2.19. The molecule has 1 amide bonds. The second-order valence-electron chi connectivity index (χ2n) is 5.03. The Bertz CT molecular complexity index is 514. The molecule has 0 atom stereocenters. The van der Waals surface area contributed by atoms with Gasteiger partial charge in [-0.25, -0.2) is 4.79 Å². The SMILES string of the molecule is CC(C)(C)OC(=O)NCCc1[nH]ccc(=O)c1C=O. The van der Waals surface area contributed by atoms with Crippen LogP contribution < -0.4 is 10.7 Å². The third kappa shape index (κ3) is 4.95. The summed E-state index contributed by atoms with van der Waals surface area (Å²) in [6.45, 7) is 5.58. The summed E-state index contributed by atoms with van der Waals surface area (Å²) >= 11 is 0. The van der Waals surface area contributed by atoms with Crippen LogP contribution in [0.2, 0.25) is 0 Å². The summed E-state index contributed by atoms with van der Waals surface area (Å²) in [6.07, 6.45) is 1.81. The van der Waals surface area contributed by atoms with E-state index in [1.54, 1.807) is 20.8 Å². The molecule has 2 N–H and O–H groups in total. The number of alkyl carbamates (subject to hydrolysis) is 1. The van der Waals surface area contributed by atoms with E-state index in [9.17, 15) is 14.4 Å². The lowest BCUT2D eigenvalue weighted by molar-refractivity contribution is 0.0528. The first-order chi connectivity index (χ1) is 8.83. The van der Waals surface area contributed by atoms with E-state index >= 15 is 0 Å². The normalized spacial score (nSPS) is 10.9. The second-order valence-corrected chi connectivity index (χ2v) is 5.03. The average molecular weight is 266 g/mol. The summed E-state index contributed by atoms with van der Waals surface area (Å²) in [5, 5.41) is 2.56. The highest BCUT2D eigenvalue weighted by Gasteiger charge is 2.15. The van der Waals surface area contributed by atoms with E-state index in [1.165, 1.54) is 12.3 Å². The van der Waals surface area contributed by atoms with Crippen molar-refractivity contribution in [3.05, 3.63) is 33.7 Å². The van der Waals surface area contributed by atoms with E-state index in [0.29, 0.717) is 18.4 Å². The minimum Gasteiger partial charge on any atom is -0.444 e. The minimum absolute atomic E-state index is 0.0912. The van der Waals surface area contributed by atoms with E-state index in [1.807, 2.05) is 0 Å². The predicted octanol–water partition coefficient (Wildman–Crippen LogP) is 1.25. The topological polar surface area (TPSA) is 88.3 Å². The number of aromatic amines is 1. The summed E-state index contributed by atoms with van der Waals surface area (Å²) in [5.74, 6) is 0. The van der Waals surface area contributed by atoms with Gasteiger partial charge >= 0.3 is 6.09 Å². The van der Waals surface area contributed by atoms with Gasteiger partial charge in [0.15, 0.2) is 11.7 Å². The molecule has 19 heavy (non-hydrogen) atoms. The maximum absolute atomic E-state index is 11.4. The Morgan fingerprint density at radius 2 is 2.16 bits per heavy atom. The van der Waals surface area contributed by atoms with Crippen molar-refractivity contribution in [3.8, 4) is 0 Å². The second kappa shape index (κ2) is 6.17. The Morgan fingerprint density at radius 3 is 2.74 bits per heavy atom. The summed E-state index contributed by atoms with van der Waals surface area (Å²) < 4.78 is 5.06. The average Bonchev–Trinajstić information content (AvgIpc) is 2.26. The van der Waals surface area contributed by atoms with Crippen LogP contribution in [0.25, 0.3) is 0 Å². The number of amides is 1. The van der Waals surface area contributed by atoms with Crippen molar-refractivity contribution in [2.75, 3.05) is 6.54 Å². The molecule has 0 radical (unpaired) electrons. The largest absolute Gasteiger partial charge is 0.444 e. The van der Waals surface area contributed by atoms with Gasteiger partial charge in [-0.2, -0.15) is 0 Å². The maximum Gasteiger partial charge on any atom is 0.407 e. The van der Waals surface area contributed by atoms with Gasteiger partial charge in [-0.05, 0) is 20.8 Å². The number of aldehydes is 1. The van der Waals surface area contributed by atoms with Crippen LogP contribution in [-0.4, -0.2) is 29.5 Å². The molecule has 1 heterocycles. The lowest BCUT2D eigenvalue weighted by atomic mass is 10.1. The number of pyridine rings is 1. The third-order valence-electron chi connectivity index (χ3n) is 2.24. The number of ether oxygens (including phenoxy) is 1. The van der Waals surface area contributed by atoms with Gasteiger partial charge in [0, 0.05) is 30.9 Å². The Hall–Kier alpha value is -2.11. The predicted molar refractivity (Wildman–Crippen MR) is 70.4 cm³/mol. The van der Waals surface area contributed by atoms with Gasteiger partial charge in [-0.1, -0.05) is 0 Å². The van der Waals surface area contributed by atoms with Gasteiger partial charge in [0.2, 0.25) is 0 Å². The Balaban J connectivity index is 2.55. The molecule has 0 fully saturated rings. The van der Waals surface area contributed by atoms with Gasteiger partial charge in [0.05, 0.1) is 5.56 Å². The summed E-state index contributed by atoms with van der Waals surface area (Å²) in [5.41, 5.74) is -0.299. The number of carbonyl (C=O) groups excluding carboxylic acids is 2. The van der Waals surface area contributed by atoms with E-state index in [4.69, 9.17) is 4.74 Å². The van der Waals surface area contributed by atoms with Crippen LogP contribution in [0.3, 0.4) is 0 Å². The summed E-state index contributed by atoms with van der Waals surface area (Å²) in [6, 6.07) is 1.29. The Kier molecular flexibility index (Phi) is 4.86. The molecule has 0 saturated heterocycles. The number of aromatic nitrogens is 1. The highest BCUT2D eigenvalue weighted by atomic mass is 16.6. The van der Waals surface area contributed by atoms with E-state index in [2.05, 4.69) is 10.3 Å². The summed E-state index contributed by atoms with van der Waals surface area (Å²) in [4.78, 5) is 36.4. The van der Waals surface area contributed by atoms with Crippen molar-refractivity contribution in [1.82, 2.24) is 10.3 Å². The molecular formula is C13H18N2O4. The molecular weight excluding hydrogens is 248 g/mol. The maximum atomic E-state index is 11.4. The first-order valence-electron chi connectivity index (χ1n) is 5.96. The van der Waals surface area contributed by atoms with Crippen molar-refractivity contribution < 1.29 is 14.3 Å². The summed E-state index contributed by atoms with van der Waals surface area (Å²) in [7, 11) is 0. The number of hydrogen-bond donors (Lipinski definition) is 2. The molecule has 1 rings (SSSR count). The zero-order chi connectivity index (χ0) is 14.5. The number of H-pyrrole nitrogens is 1. The Morgan fingerprint density at radius 1 is 1.47 bits per heavy atom. The van der Waals surface area contributed by atoms with E-state index in [-0.39, 0.29) is 17.5 Å². The van der Waals surface area contributed by atoms with Crippen LogP contribution in [0, 0.1) is 0 Å². The first-order valence-corrected chi connectivity index (χ1v) is 5.96. The van der Waals surface area contributed by atoms with Crippen LogP contribution in [0.15, 0.2) is 17.1 Å². The molecule has 0 aliphatic heterocycles. The molecule has 0 bridgehead atoms. The van der Waals surface area contributed by atoms with Gasteiger partial charge in [-0.15, -0.1) is 0 Å². The quantitative estimate of drug-likeness (QED) is 0.803. The highest BCUT2D eigenvalue weighted by Crippen LogP contribution is 2.06. The first kappa shape index (κ1) is 14.9. The molecule has 0 aliphatic carbocycles. The van der Waals surface area contributed by atoms with Crippen LogP contribution in [0.1, 0.15) is 36.8 Å². The van der Waals surface area contributed by atoms with Crippen LogP contribution in [0.4, 0.5) is 4.79 Å². The van der Waals surface area contributed by atoms with Crippen LogP contribution >= 0.6 is 0 Å². The fourth-order valence-electron chi connectivity index (χ4n) is 1.47. The number of hydrogen-bond acceptors (Lipinski definition) is 4. The Labute approximate surface area is 111 Å². The minimum atomic E-state index is -0.556. The van der Waals surface area contributed by atoms with Crippen molar-refractivity contribution in [3.63, 3.8) is 0 Å². The molecule has 0 unspecified atom stereocenters. The van der Waals surface area contributed by atoms with Crippen molar-refractivity contribution in [2.45, 2.75) is 32.8 Å². The smallest absolute Gasteiger partial charge is 0.407 e. The lowest BCUT2D eigenvalue weighted by Crippen LogP contribution is -2.33. The molecule has 6 heteroatoms. The van der Waals surface area contributed by atoms with Crippen LogP contribution in [0.5, 0.6) is 0 Å². The third-order valence-corrected chi connectivity index (χ3v) is 2.24. The van der Waals surface area contributed by atoms with Crippen molar-refractivity contribution >= 4 is 12.4 Å². The van der Waals surface area contributed by atoms with Gasteiger partial charge < -0.3 is 15.0 Å². The molecule has 6 nitrogen and oxygen atoms in total. The molecule has 0 spiro atoms. The van der Waals surface area contributed by atoms with Gasteiger partial charge in [0.1, 0.15) is 5.60 Å². The number of nitrogens with one attached hydrogen (secondary N) is 2. The fourth-order valence-corrected chi connectivity index (χ4v) is 1.47. The van der Waals surface area contributed by atoms with E-state index < -0.39 is 11.7 Å². The molecule has 1 aromatic heterocycles. The zero-order valence-corrected chi connectivity index (χ0v) is 11.3. The molecule has 0 aliphatic rings. The van der Waals surface area contributed by atoms with Crippen LogP contribution in [-0.2, 0) is 11.2 Å². The molecule has 1 aromatic rings.